The predicted molar refractivity (Wildman–Crippen MR) is 75.5 cm³/mol. The minimum atomic E-state index is -4.68. The van der Waals surface area contributed by atoms with Crippen molar-refractivity contribution in [3.63, 3.8) is 0 Å². The molecule has 1 fully saturated rings. The largest absolute Gasteiger partial charge is 0.573 e. The number of carbonyl (C=O) groups is 1. The fourth-order valence-corrected chi connectivity index (χ4v) is 2.43. The molecule has 0 aromatic heterocycles. The molecule has 1 amide bonds. The molecule has 1 N–H and O–H groups in total. The Morgan fingerprint density at radius 1 is 1.36 bits per heavy atom. The molecule has 7 heteroatoms. The highest BCUT2D eigenvalue weighted by Gasteiger charge is 2.30. The van der Waals surface area contributed by atoms with Gasteiger partial charge in [0.15, 0.2) is 0 Å². The number of carbonyl (C=O) groups excluding carboxylic acids is 1. The third-order valence-corrected chi connectivity index (χ3v) is 3.51. The molecule has 0 spiro atoms. The minimum Gasteiger partial charge on any atom is -0.406 e. The zero-order valence-electron chi connectivity index (χ0n) is 12.3. The summed E-state index contributed by atoms with van der Waals surface area (Å²) in [5.74, 6) is -0.178. The Bertz CT molecular complexity index is 503. The number of nitrogens with zero attached hydrogens (tertiary/aromatic N) is 1. The maximum atomic E-state index is 12.1. The quantitative estimate of drug-likeness (QED) is 0.927. The van der Waals surface area contributed by atoms with Gasteiger partial charge in [0.2, 0.25) is 5.91 Å². The van der Waals surface area contributed by atoms with E-state index >= 15 is 0 Å². The molecule has 1 aliphatic rings. The summed E-state index contributed by atoms with van der Waals surface area (Å²) in [7, 11) is 0. The smallest absolute Gasteiger partial charge is 0.406 e. The molecule has 2 rings (SSSR count). The third kappa shape index (κ3) is 5.22. The van der Waals surface area contributed by atoms with Crippen LogP contribution in [0.1, 0.15) is 18.9 Å². The number of aryl methyl sites for hydroxylation is 1. The van der Waals surface area contributed by atoms with E-state index in [1.807, 2.05) is 11.8 Å². The Hall–Kier alpha value is -1.76. The Labute approximate surface area is 127 Å². The Kier molecular flexibility index (Phi) is 5.28. The second-order valence-electron chi connectivity index (χ2n) is 5.39. The van der Waals surface area contributed by atoms with Crippen LogP contribution >= 0.6 is 0 Å². The molecule has 122 valence electrons. The number of benzene rings is 1. The highest BCUT2D eigenvalue weighted by atomic mass is 19.4. The summed E-state index contributed by atoms with van der Waals surface area (Å²) in [6.07, 6.45) is -3.83. The van der Waals surface area contributed by atoms with E-state index in [1.165, 1.54) is 12.1 Å². The molecule has 1 atom stereocenters. The normalized spacial score (nSPS) is 19.1. The number of rotatable bonds is 4. The molecule has 0 radical (unpaired) electrons. The second kappa shape index (κ2) is 7.00. The Morgan fingerprint density at radius 2 is 2.05 bits per heavy atom. The van der Waals surface area contributed by atoms with Crippen LogP contribution in [0.5, 0.6) is 5.75 Å². The summed E-state index contributed by atoms with van der Waals surface area (Å²) in [5.41, 5.74) is 0.811. The number of amides is 1. The predicted octanol–water partition coefficient (Wildman–Crippen LogP) is 2.34. The van der Waals surface area contributed by atoms with Gasteiger partial charge in [0.05, 0.1) is 0 Å². The lowest BCUT2D eigenvalue weighted by Gasteiger charge is -2.32. The highest BCUT2D eigenvalue weighted by Crippen LogP contribution is 2.23. The van der Waals surface area contributed by atoms with Crippen molar-refractivity contribution in [3.05, 3.63) is 29.8 Å². The first-order valence-electron chi connectivity index (χ1n) is 7.19. The molecule has 1 heterocycles. The van der Waals surface area contributed by atoms with Gasteiger partial charge < -0.3 is 15.0 Å². The Balaban J connectivity index is 1.82. The number of halogens is 3. The van der Waals surface area contributed by atoms with Crippen LogP contribution < -0.4 is 10.1 Å². The summed E-state index contributed by atoms with van der Waals surface area (Å²) < 4.78 is 40.0. The van der Waals surface area contributed by atoms with Crippen molar-refractivity contribution in [2.24, 2.45) is 0 Å². The number of ether oxygens (including phenoxy) is 1. The molecule has 1 unspecified atom stereocenters. The van der Waals surface area contributed by atoms with Crippen LogP contribution in [0, 0.1) is 0 Å². The standard InChI is InChI=1S/C15H19F3N2O2/c1-11-10-20(9-8-19-11)14(21)7-4-12-2-5-13(6-3-12)22-15(16,17)18/h2-3,5-6,11,19H,4,7-10H2,1H3. The average Bonchev–Trinajstić information content (AvgIpc) is 2.44. The molecular formula is C15H19F3N2O2. The molecule has 22 heavy (non-hydrogen) atoms. The van der Waals surface area contributed by atoms with Crippen molar-refractivity contribution < 1.29 is 22.7 Å². The van der Waals surface area contributed by atoms with Gasteiger partial charge in [-0.25, -0.2) is 0 Å². The lowest BCUT2D eigenvalue weighted by Crippen LogP contribution is -2.51. The van der Waals surface area contributed by atoms with Crippen molar-refractivity contribution in [1.82, 2.24) is 10.2 Å². The lowest BCUT2D eigenvalue weighted by atomic mass is 10.1. The molecule has 1 aliphatic heterocycles. The summed E-state index contributed by atoms with van der Waals surface area (Å²) in [5, 5.41) is 3.27. The van der Waals surface area contributed by atoms with E-state index in [-0.39, 0.29) is 17.7 Å². The molecule has 1 saturated heterocycles. The van der Waals surface area contributed by atoms with Crippen molar-refractivity contribution >= 4 is 5.91 Å². The van der Waals surface area contributed by atoms with Gasteiger partial charge in [-0.15, -0.1) is 13.2 Å². The third-order valence-electron chi connectivity index (χ3n) is 3.51. The van der Waals surface area contributed by atoms with E-state index in [9.17, 15) is 18.0 Å². The second-order valence-corrected chi connectivity index (χ2v) is 5.39. The molecule has 0 bridgehead atoms. The van der Waals surface area contributed by atoms with Crippen molar-refractivity contribution in [2.75, 3.05) is 19.6 Å². The summed E-state index contributed by atoms with van der Waals surface area (Å²) in [4.78, 5) is 13.9. The zero-order chi connectivity index (χ0) is 16.2. The fourth-order valence-electron chi connectivity index (χ4n) is 2.43. The van der Waals surface area contributed by atoms with E-state index in [1.54, 1.807) is 12.1 Å². The lowest BCUT2D eigenvalue weighted by molar-refractivity contribution is -0.274. The van der Waals surface area contributed by atoms with Gasteiger partial charge in [0.25, 0.3) is 0 Å². The summed E-state index contributed by atoms with van der Waals surface area (Å²) in [6, 6.07) is 5.92. The van der Waals surface area contributed by atoms with Gasteiger partial charge in [-0.05, 0) is 31.0 Å². The summed E-state index contributed by atoms with van der Waals surface area (Å²) in [6.45, 7) is 4.20. The SMILES string of the molecule is CC1CN(C(=O)CCc2ccc(OC(F)(F)F)cc2)CCN1. The number of alkyl halides is 3. The van der Waals surface area contributed by atoms with Gasteiger partial charge in [-0.1, -0.05) is 12.1 Å². The van der Waals surface area contributed by atoms with Gasteiger partial charge in [-0.3, -0.25) is 4.79 Å². The zero-order valence-corrected chi connectivity index (χ0v) is 12.3. The topological polar surface area (TPSA) is 41.6 Å². The van der Waals surface area contributed by atoms with Crippen LogP contribution in [-0.2, 0) is 11.2 Å². The highest BCUT2D eigenvalue weighted by molar-refractivity contribution is 5.76. The van der Waals surface area contributed by atoms with E-state index in [0.717, 1.165) is 12.1 Å². The van der Waals surface area contributed by atoms with E-state index < -0.39 is 6.36 Å². The molecule has 0 saturated carbocycles. The monoisotopic (exact) mass is 316 g/mol. The average molecular weight is 316 g/mol. The molecular weight excluding hydrogens is 297 g/mol. The van der Waals surface area contributed by atoms with Crippen LogP contribution in [0.25, 0.3) is 0 Å². The number of hydrogen-bond donors (Lipinski definition) is 1. The van der Waals surface area contributed by atoms with Gasteiger partial charge in [0.1, 0.15) is 5.75 Å². The first kappa shape index (κ1) is 16.6. The number of piperazine rings is 1. The fraction of sp³-hybridized carbons (Fsp3) is 0.533. The van der Waals surface area contributed by atoms with Crippen LogP contribution in [0.4, 0.5) is 13.2 Å². The van der Waals surface area contributed by atoms with Crippen LogP contribution in [0.2, 0.25) is 0 Å². The van der Waals surface area contributed by atoms with Gasteiger partial charge >= 0.3 is 6.36 Å². The maximum Gasteiger partial charge on any atom is 0.573 e. The number of nitrogens with one attached hydrogen (secondary N) is 1. The molecule has 1 aromatic rings. The van der Waals surface area contributed by atoms with Crippen molar-refractivity contribution in [1.29, 1.82) is 0 Å². The number of hydrogen-bond acceptors (Lipinski definition) is 3. The van der Waals surface area contributed by atoms with Crippen LogP contribution in [0.15, 0.2) is 24.3 Å². The molecule has 4 nitrogen and oxygen atoms in total. The van der Waals surface area contributed by atoms with Crippen molar-refractivity contribution in [2.45, 2.75) is 32.2 Å². The van der Waals surface area contributed by atoms with E-state index in [0.29, 0.717) is 25.9 Å². The molecule has 1 aromatic carbocycles. The first-order chi connectivity index (χ1) is 10.3. The van der Waals surface area contributed by atoms with Crippen molar-refractivity contribution in [3.8, 4) is 5.75 Å². The van der Waals surface area contributed by atoms with E-state index in [4.69, 9.17) is 0 Å². The van der Waals surface area contributed by atoms with Crippen LogP contribution in [0.3, 0.4) is 0 Å². The van der Waals surface area contributed by atoms with Crippen LogP contribution in [-0.4, -0.2) is 42.8 Å². The molecule has 0 aliphatic carbocycles. The summed E-state index contributed by atoms with van der Waals surface area (Å²) >= 11 is 0. The first-order valence-corrected chi connectivity index (χ1v) is 7.19. The van der Waals surface area contributed by atoms with Gasteiger partial charge in [0, 0.05) is 32.1 Å². The van der Waals surface area contributed by atoms with E-state index in [2.05, 4.69) is 10.1 Å². The maximum absolute atomic E-state index is 12.1. The Morgan fingerprint density at radius 3 is 2.64 bits per heavy atom. The van der Waals surface area contributed by atoms with Gasteiger partial charge in [-0.2, -0.15) is 0 Å². The minimum absolute atomic E-state index is 0.0731.